The summed E-state index contributed by atoms with van der Waals surface area (Å²) in [5.41, 5.74) is -1.14. The van der Waals surface area contributed by atoms with Gasteiger partial charge in [-0.3, -0.25) is 10.1 Å². The third kappa shape index (κ3) is 14.8. The molecule has 0 aliphatic rings. The fraction of sp³-hybridized carbons (Fsp3) is 1.00. The van der Waals surface area contributed by atoms with E-state index in [1.54, 1.807) is 0 Å². The summed E-state index contributed by atoms with van der Waals surface area (Å²) in [4.78, 5) is 18.7. The maximum absolute atomic E-state index is 10.7. The van der Waals surface area contributed by atoms with Gasteiger partial charge in [0.2, 0.25) is 5.54 Å². The zero-order chi connectivity index (χ0) is 16.7. The first-order chi connectivity index (χ1) is 9.80. The lowest BCUT2D eigenvalue weighted by Gasteiger charge is -2.17. The quantitative estimate of drug-likeness (QED) is 0.343. The zero-order valence-corrected chi connectivity index (χ0v) is 13.0. The van der Waals surface area contributed by atoms with Crippen LogP contribution in [0.4, 0.5) is 0 Å². The van der Waals surface area contributed by atoms with Gasteiger partial charge in [0.15, 0.2) is 0 Å². The predicted molar refractivity (Wildman–Crippen MR) is 78.5 cm³/mol. The Labute approximate surface area is 125 Å². The van der Waals surface area contributed by atoms with Crippen LogP contribution in [0.15, 0.2) is 0 Å². The summed E-state index contributed by atoms with van der Waals surface area (Å²) in [5.74, 6) is 0. The van der Waals surface area contributed by atoms with Crippen molar-refractivity contribution in [1.82, 2.24) is 0 Å². The summed E-state index contributed by atoms with van der Waals surface area (Å²) in [7, 11) is 0. The van der Waals surface area contributed by atoms with Crippen molar-refractivity contribution in [2.24, 2.45) is 0 Å². The number of aliphatic hydroxyl groups excluding tert-OH is 1. The van der Waals surface area contributed by atoms with E-state index in [-0.39, 0.29) is 11.5 Å². The molecule has 8 nitrogen and oxygen atoms in total. The van der Waals surface area contributed by atoms with Crippen LogP contribution in [0, 0.1) is 20.2 Å². The minimum Gasteiger partial charge on any atom is -0.389 e. The number of rotatable bonds is 11. The SMILES string of the molecule is CCCCCCCCCCC(C)(CO)[N+](=O)[O-].O=[N+]([O-])O. The molecule has 126 valence electrons. The van der Waals surface area contributed by atoms with Gasteiger partial charge >= 0.3 is 0 Å². The van der Waals surface area contributed by atoms with Gasteiger partial charge in [-0.2, -0.15) is 0 Å². The molecule has 0 rings (SSSR count). The molecule has 0 spiro atoms. The molecule has 0 aliphatic carbocycles. The Morgan fingerprint density at radius 3 is 1.67 bits per heavy atom. The van der Waals surface area contributed by atoms with Crippen molar-refractivity contribution < 1.29 is 20.3 Å². The van der Waals surface area contributed by atoms with Crippen LogP contribution in [0.3, 0.4) is 0 Å². The van der Waals surface area contributed by atoms with Gasteiger partial charge in [-0.05, 0) is 6.42 Å². The molecule has 0 radical (unpaired) electrons. The molecule has 0 amide bonds. The van der Waals surface area contributed by atoms with Crippen LogP contribution in [-0.2, 0) is 0 Å². The van der Waals surface area contributed by atoms with Gasteiger partial charge < -0.3 is 10.3 Å². The average molecular weight is 308 g/mol. The molecule has 2 N–H and O–H groups in total. The Hall–Kier alpha value is -1.44. The molecule has 0 aromatic heterocycles. The lowest BCUT2D eigenvalue weighted by molar-refractivity contribution is -0.742. The molecule has 1 unspecified atom stereocenters. The monoisotopic (exact) mass is 308 g/mol. The number of hydrogen-bond acceptors (Lipinski definition) is 5. The van der Waals surface area contributed by atoms with Crippen LogP contribution in [0.2, 0.25) is 0 Å². The lowest BCUT2D eigenvalue weighted by atomic mass is 9.95. The van der Waals surface area contributed by atoms with Crippen molar-refractivity contribution in [2.45, 2.75) is 77.2 Å². The highest BCUT2D eigenvalue weighted by molar-refractivity contribution is 4.72. The van der Waals surface area contributed by atoms with E-state index in [1.165, 1.54) is 39.0 Å². The molecule has 0 aromatic carbocycles. The summed E-state index contributed by atoms with van der Waals surface area (Å²) in [5, 5.41) is 33.4. The third-order valence-corrected chi connectivity index (χ3v) is 3.35. The number of hydrogen-bond donors (Lipinski definition) is 2. The third-order valence-electron chi connectivity index (χ3n) is 3.35. The van der Waals surface area contributed by atoms with Crippen LogP contribution in [0.5, 0.6) is 0 Å². The molecule has 0 bridgehead atoms. The molecule has 0 saturated carbocycles. The minimum absolute atomic E-state index is 0.353. The maximum Gasteiger partial charge on any atom is 0.291 e. The van der Waals surface area contributed by atoms with Crippen LogP contribution >= 0.6 is 0 Å². The maximum atomic E-state index is 10.7. The first-order valence-corrected chi connectivity index (χ1v) is 7.38. The minimum atomic E-state index is -1.50. The van der Waals surface area contributed by atoms with E-state index in [9.17, 15) is 10.1 Å². The molecule has 8 heteroatoms. The van der Waals surface area contributed by atoms with E-state index in [2.05, 4.69) is 6.92 Å². The summed E-state index contributed by atoms with van der Waals surface area (Å²) >= 11 is 0. The van der Waals surface area contributed by atoms with E-state index in [4.69, 9.17) is 20.4 Å². The largest absolute Gasteiger partial charge is 0.389 e. The molecular weight excluding hydrogens is 280 g/mol. The Balaban J connectivity index is 0. The number of nitrogens with zero attached hydrogens (tertiary/aromatic N) is 2. The van der Waals surface area contributed by atoms with Gasteiger partial charge in [-0.25, -0.2) is 0 Å². The first kappa shape index (κ1) is 21.9. The van der Waals surface area contributed by atoms with Crippen LogP contribution in [0.25, 0.3) is 0 Å². The Morgan fingerprint density at radius 2 is 1.33 bits per heavy atom. The summed E-state index contributed by atoms with van der Waals surface area (Å²) in [6, 6.07) is 0. The second-order valence-electron chi connectivity index (χ2n) is 5.37. The number of aliphatic hydroxyl groups is 1. The van der Waals surface area contributed by atoms with Gasteiger partial charge in [0, 0.05) is 18.3 Å². The smallest absolute Gasteiger partial charge is 0.291 e. The van der Waals surface area contributed by atoms with Crippen molar-refractivity contribution in [3.63, 3.8) is 0 Å². The van der Waals surface area contributed by atoms with E-state index < -0.39 is 10.6 Å². The van der Waals surface area contributed by atoms with E-state index >= 15 is 0 Å². The summed E-state index contributed by atoms with van der Waals surface area (Å²) < 4.78 is 0. The Morgan fingerprint density at radius 1 is 0.952 bits per heavy atom. The van der Waals surface area contributed by atoms with E-state index in [0.717, 1.165) is 19.3 Å². The molecule has 0 aromatic rings. The molecule has 0 saturated heterocycles. The summed E-state index contributed by atoms with van der Waals surface area (Å²) in [6.07, 6.45) is 9.89. The van der Waals surface area contributed by atoms with Crippen molar-refractivity contribution in [3.8, 4) is 0 Å². The molecule has 21 heavy (non-hydrogen) atoms. The number of nitro groups is 1. The van der Waals surface area contributed by atoms with Crippen LogP contribution in [-0.4, -0.2) is 32.5 Å². The topological polar surface area (TPSA) is 127 Å². The Kier molecular flexibility index (Phi) is 14.1. The van der Waals surface area contributed by atoms with Crippen molar-refractivity contribution in [1.29, 1.82) is 0 Å². The van der Waals surface area contributed by atoms with E-state index in [1.807, 2.05) is 0 Å². The van der Waals surface area contributed by atoms with Crippen LogP contribution < -0.4 is 0 Å². The van der Waals surface area contributed by atoms with Gasteiger partial charge in [0.05, 0.1) is 0 Å². The van der Waals surface area contributed by atoms with Gasteiger partial charge in [0.1, 0.15) is 6.61 Å². The van der Waals surface area contributed by atoms with Crippen molar-refractivity contribution in [2.75, 3.05) is 6.61 Å². The standard InChI is InChI=1S/C13H27NO3.HNO3/c1-3-4-5-6-7-8-9-10-11-13(2,12-15)14(16)17;2-1(3)4/h15H,3-12H2,1-2H3;(H,2,3,4). The number of unbranched alkanes of at least 4 members (excludes halogenated alkanes) is 7. The molecule has 0 heterocycles. The highest BCUT2D eigenvalue weighted by Crippen LogP contribution is 2.18. The second kappa shape index (κ2) is 13.5. The fourth-order valence-electron chi connectivity index (χ4n) is 1.87. The molecular formula is C13H28N2O6. The van der Waals surface area contributed by atoms with E-state index in [0.29, 0.717) is 6.42 Å². The fourth-order valence-corrected chi connectivity index (χ4v) is 1.87. The van der Waals surface area contributed by atoms with Crippen molar-refractivity contribution in [3.05, 3.63) is 20.2 Å². The highest BCUT2D eigenvalue weighted by Gasteiger charge is 2.35. The summed E-state index contributed by atoms with van der Waals surface area (Å²) in [6.45, 7) is 3.36. The molecule has 0 fully saturated rings. The van der Waals surface area contributed by atoms with Gasteiger partial charge in [0.25, 0.3) is 5.09 Å². The van der Waals surface area contributed by atoms with Crippen molar-refractivity contribution >= 4 is 0 Å². The average Bonchev–Trinajstić information content (AvgIpc) is 2.40. The highest BCUT2D eigenvalue weighted by atomic mass is 16.9. The molecule has 1 atom stereocenters. The van der Waals surface area contributed by atoms with Crippen LogP contribution in [0.1, 0.15) is 71.6 Å². The zero-order valence-electron chi connectivity index (χ0n) is 13.0. The van der Waals surface area contributed by atoms with Gasteiger partial charge in [-0.15, -0.1) is 10.1 Å². The Bertz CT molecular complexity index is 284. The first-order valence-electron chi connectivity index (χ1n) is 7.38. The predicted octanol–water partition coefficient (Wildman–Crippen LogP) is 3.20. The lowest BCUT2D eigenvalue weighted by Crippen LogP contribution is -2.38. The van der Waals surface area contributed by atoms with Gasteiger partial charge in [-0.1, -0.05) is 51.9 Å². The molecule has 0 aliphatic heterocycles. The second-order valence-corrected chi connectivity index (χ2v) is 5.37. The normalized spacial score (nSPS) is 12.9.